The highest BCUT2D eigenvalue weighted by Gasteiger charge is 2.33. The van der Waals surface area contributed by atoms with E-state index in [0.29, 0.717) is 19.6 Å². The highest BCUT2D eigenvalue weighted by atomic mass is 32.2. The number of non-ortho nitro benzene ring substituents is 1. The topological polar surface area (TPSA) is 108 Å². The van der Waals surface area contributed by atoms with Crippen LogP contribution in [-0.4, -0.2) is 47.4 Å². The summed E-state index contributed by atoms with van der Waals surface area (Å²) in [6, 6.07) is 3.56. The van der Waals surface area contributed by atoms with Gasteiger partial charge < -0.3 is 9.30 Å². The first kappa shape index (κ1) is 18.3. The number of hydrogen-bond donors (Lipinski definition) is 0. The van der Waals surface area contributed by atoms with Crippen molar-refractivity contribution in [1.82, 2.24) is 13.9 Å². The molecule has 0 amide bonds. The van der Waals surface area contributed by atoms with E-state index in [1.165, 1.54) is 23.5 Å². The Morgan fingerprint density at radius 3 is 2.88 bits per heavy atom. The van der Waals surface area contributed by atoms with E-state index < -0.39 is 14.9 Å². The predicted octanol–water partition coefficient (Wildman–Crippen LogP) is 1.90. The van der Waals surface area contributed by atoms with Gasteiger partial charge in [0.05, 0.1) is 24.4 Å². The van der Waals surface area contributed by atoms with Gasteiger partial charge in [-0.25, -0.2) is 13.4 Å². The van der Waals surface area contributed by atoms with Crippen LogP contribution in [0.4, 0.5) is 5.69 Å². The van der Waals surface area contributed by atoms with Crippen molar-refractivity contribution in [3.05, 3.63) is 47.0 Å². The molecule has 1 aliphatic heterocycles. The summed E-state index contributed by atoms with van der Waals surface area (Å²) in [6.45, 7) is 1.51. The zero-order chi connectivity index (χ0) is 18.7. The lowest BCUT2D eigenvalue weighted by atomic mass is 10.00. The largest absolute Gasteiger partial charge is 0.495 e. The van der Waals surface area contributed by atoms with Crippen molar-refractivity contribution in [2.45, 2.75) is 24.3 Å². The summed E-state index contributed by atoms with van der Waals surface area (Å²) < 4.78 is 34.6. The molecule has 0 saturated carbocycles. The van der Waals surface area contributed by atoms with Crippen molar-refractivity contribution in [3.63, 3.8) is 0 Å². The van der Waals surface area contributed by atoms with E-state index >= 15 is 0 Å². The number of benzene rings is 1. The van der Waals surface area contributed by atoms with E-state index in [1.54, 1.807) is 12.5 Å². The summed E-state index contributed by atoms with van der Waals surface area (Å²) in [6.07, 6.45) is 6.95. The van der Waals surface area contributed by atoms with Gasteiger partial charge in [0.25, 0.3) is 5.69 Å². The Morgan fingerprint density at radius 2 is 2.23 bits per heavy atom. The van der Waals surface area contributed by atoms with Gasteiger partial charge in [-0.3, -0.25) is 10.1 Å². The third-order valence-corrected chi connectivity index (χ3v) is 6.39. The van der Waals surface area contributed by atoms with Crippen molar-refractivity contribution < 1.29 is 18.1 Å². The normalized spacial score (nSPS) is 18.6. The van der Waals surface area contributed by atoms with Crippen LogP contribution in [0.3, 0.4) is 0 Å². The highest BCUT2D eigenvalue weighted by Crippen LogP contribution is 2.32. The lowest BCUT2D eigenvalue weighted by molar-refractivity contribution is -0.385. The fourth-order valence-electron chi connectivity index (χ4n) is 3.21. The maximum Gasteiger partial charge on any atom is 0.273 e. The molecule has 26 heavy (non-hydrogen) atoms. The fourth-order valence-corrected chi connectivity index (χ4v) is 4.90. The van der Waals surface area contributed by atoms with Gasteiger partial charge in [-0.05, 0) is 24.8 Å². The van der Waals surface area contributed by atoms with E-state index in [9.17, 15) is 18.5 Å². The second kappa shape index (κ2) is 7.42. The number of imidazole rings is 1. The standard InChI is InChI=1S/C16H20N4O5S/c1-25-15-9-14(20(21)22)4-5-16(15)26(23,24)19-7-2-3-13(11-19)10-18-8-6-17-12-18/h4-6,8-9,12-13H,2-3,7,10-11H2,1H3. The molecular formula is C16H20N4O5S. The summed E-state index contributed by atoms with van der Waals surface area (Å²) in [7, 11) is -2.50. The maximum absolute atomic E-state index is 13.1. The van der Waals surface area contributed by atoms with Crippen LogP contribution in [0, 0.1) is 16.0 Å². The van der Waals surface area contributed by atoms with E-state index in [0.717, 1.165) is 18.9 Å². The van der Waals surface area contributed by atoms with Crippen molar-refractivity contribution in [1.29, 1.82) is 0 Å². The first-order chi connectivity index (χ1) is 12.4. The molecule has 1 saturated heterocycles. The zero-order valence-corrected chi connectivity index (χ0v) is 15.1. The number of methoxy groups -OCH3 is 1. The third kappa shape index (κ3) is 3.70. The van der Waals surface area contributed by atoms with Crippen LogP contribution in [0.1, 0.15) is 12.8 Å². The molecule has 2 aromatic rings. The molecule has 1 aliphatic rings. The van der Waals surface area contributed by atoms with Gasteiger partial charge in [0, 0.05) is 38.1 Å². The second-order valence-corrected chi connectivity index (χ2v) is 8.13. The first-order valence-electron chi connectivity index (χ1n) is 8.20. The number of piperidine rings is 1. The van der Waals surface area contributed by atoms with Gasteiger partial charge in [-0.1, -0.05) is 0 Å². The Kier molecular flexibility index (Phi) is 5.23. The van der Waals surface area contributed by atoms with Gasteiger partial charge in [0.2, 0.25) is 10.0 Å². The van der Waals surface area contributed by atoms with Crippen molar-refractivity contribution in [2.24, 2.45) is 5.92 Å². The smallest absolute Gasteiger partial charge is 0.273 e. The Hall–Kier alpha value is -2.46. The lowest BCUT2D eigenvalue weighted by Crippen LogP contribution is -2.41. The quantitative estimate of drug-likeness (QED) is 0.559. The molecule has 0 N–H and O–H groups in total. The van der Waals surface area contributed by atoms with Gasteiger partial charge in [-0.15, -0.1) is 0 Å². The summed E-state index contributed by atoms with van der Waals surface area (Å²) in [4.78, 5) is 14.3. The van der Waals surface area contributed by atoms with E-state index in [1.807, 2.05) is 10.8 Å². The third-order valence-electron chi connectivity index (χ3n) is 4.49. The Bertz CT molecular complexity index is 882. The first-order valence-corrected chi connectivity index (χ1v) is 9.64. The average Bonchev–Trinajstić information content (AvgIpc) is 3.14. The molecule has 10 heteroatoms. The van der Waals surface area contributed by atoms with Crippen LogP contribution in [0.5, 0.6) is 5.75 Å². The molecule has 0 radical (unpaired) electrons. The molecule has 1 aromatic carbocycles. The molecule has 140 valence electrons. The molecule has 3 rings (SSSR count). The summed E-state index contributed by atoms with van der Waals surface area (Å²) >= 11 is 0. The van der Waals surface area contributed by atoms with Crippen LogP contribution in [0.15, 0.2) is 41.8 Å². The van der Waals surface area contributed by atoms with E-state index in [2.05, 4.69) is 4.98 Å². The predicted molar refractivity (Wildman–Crippen MR) is 93.4 cm³/mol. The number of hydrogen-bond acceptors (Lipinski definition) is 6. The van der Waals surface area contributed by atoms with Gasteiger partial charge in [0.15, 0.2) is 0 Å². The van der Waals surface area contributed by atoms with E-state index in [4.69, 9.17) is 4.74 Å². The van der Waals surface area contributed by atoms with Crippen LogP contribution in [0.25, 0.3) is 0 Å². The zero-order valence-electron chi connectivity index (χ0n) is 14.3. The van der Waals surface area contributed by atoms with Crippen molar-refractivity contribution in [3.8, 4) is 5.75 Å². The van der Waals surface area contributed by atoms with Crippen molar-refractivity contribution in [2.75, 3.05) is 20.2 Å². The minimum absolute atomic E-state index is 0.0177. The highest BCUT2D eigenvalue weighted by molar-refractivity contribution is 7.89. The lowest BCUT2D eigenvalue weighted by Gasteiger charge is -2.32. The number of ether oxygens (including phenoxy) is 1. The number of nitro benzene ring substituents is 1. The molecule has 0 bridgehead atoms. The Labute approximate surface area is 151 Å². The monoisotopic (exact) mass is 380 g/mol. The minimum atomic E-state index is -3.80. The van der Waals surface area contributed by atoms with E-state index in [-0.39, 0.29) is 22.3 Å². The number of nitro groups is 1. The fraction of sp³-hybridized carbons (Fsp3) is 0.438. The molecule has 1 unspecified atom stereocenters. The molecule has 0 spiro atoms. The average molecular weight is 380 g/mol. The van der Waals surface area contributed by atoms with Crippen LogP contribution < -0.4 is 4.74 Å². The SMILES string of the molecule is COc1cc([N+](=O)[O-])ccc1S(=O)(=O)N1CCCC(Cn2ccnc2)C1. The Morgan fingerprint density at radius 1 is 1.42 bits per heavy atom. The van der Waals surface area contributed by atoms with Gasteiger partial charge in [0.1, 0.15) is 10.6 Å². The summed E-state index contributed by atoms with van der Waals surface area (Å²) in [5, 5.41) is 10.9. The maximum atomic E-state index is 13.1. The summed E-state index contributed by atoms with van der Waals surface area (Å²) in [5.74, 6) is 0.160. The Balaban J connectivity index is 1.84. The number of rotatable bonds is 6. The summed E-state index contributed by atoms with van der Waals surface area (Å²) in [5.41, 5.74) is -0.211. The molecule has 9 nitrogen and oxygen atoms in total. The van der Waals surface area contributed by atoms with Crippen LogP contribution in [-0.2, 0) is 16.6 Å². The van der Waals surface area contributed by atoms with Crippen LogP contribution in [0.2, 0.25) is 0 Å². The second-order valence-electron chi connectivity index (χ2n) is 6.22. The number of nitrogens with zero attached hydrogens (tertiary/aromatic N) is 4. The van der Waals surface area contributed by atoms with Crippen molar-refractivity contribution >= 4 is 15.7 Å². The molecule has 1 fully saturated rings. The van der Waals surface area contributed by atoms with Gasteiger partial charge in [-0.2, -0.15) is 4.31 Å². The molecule has 0 aliphatic carbocycles. The molecule has 1 aromatic heterocycles. The number of sulfonamides is 1. The minimum Gasteiger partial charge on any atom is -0.495 e. The van der Waals surface area contributed by atoms with Crippen LogP contribution >= 0.6 is 0 Å². The molecule has 2 heterocycles. The molecule has 1 atom stereocenters. The molecular weight excluding hydrogens is 360 g/mol. The van der Waals surface area contributed by atoms with Gasteiger partial charge >= 0.3 is 0 Å². The number of aromatic nitrogens is 2.